The van der Waals surface area contributed by atoms with Gasteiger partial charge in [-0.05, 0) is 50.1 Å². The van der Waals surface area contributed by atoms with Gasteiger partial charge in [0, 0.05) is 45.1 Å². The summed E-state index contributed by atoms with van der Waals surface area (Å²) in [5.41, 5.74) is 0. The first-order valence-electron chi connectivity index (χ1n) is 11.0. The van der Waals surface area contributed by atoms with E-state index in [-0.39, 0.29) is 23.7 Å². The van der Waals surface area contributed by atoms with Gasteiger partial charge in [0.1, 0.15) is 0 Å². The third kappa shape index (κ3) is 3.56. The standard InChI is InChI=1S/C22H29N5O2/c28-20-18-14-16-4-5-17(16)15-19(18)21(29)27(20)9-2-1-8-25-10-12-26(13-11-25)22-23-6-3-7-24-22/h3-7,16-19H,1-2,8-15H2. The van der Waals surface area contributed by atoms with Crippen LogP contribution in [0.2, 0.25) is 0 Å². The second-order valence-corrected chi connectivity index (χ2v) is 8.81. The van der Waals surface area contributed by atoms with Crippen molar-refractivity contribution < 1.29 is 9.59 Å². The summed E-state index contributed by atoms with van der Waals surface area (Å²) >= 11 is 0. The van der Waals surface area contributed by atoms with Crippen molar-refractivity contribution in [2.45, 2.75) is 25.7 Å². The number of unbranched alkanes of at least 4 members (excludes halogenated alkanes) is 1. The maximum absolute atomic E-state index is 12.7. The highest BCUT2D eigenvalue weighted by Gasteiger charge is 2.52. The molecule has 7 nitrogen and oxygen atoms in total. The molecule has 7 heteroatoms. The number of fused-ring (bicyclic) bond motifs is 2. The van der Waals surface area contributed by atoms with E-state index in [1.165, 1.54) is 0 Å². The van der Waals surface area contributed by atoms with Crippen molar-refractivity contribution in [1.29, 1.82) is 0 Å². The lowest BCUT2D eigenvalue weighted by atomic mass is 9.64. The van der Waals surface area contributed by atoms with Gasteiger partial charge in [0.15, 0.2) is 0 Å². The second-order valence-electron chi connectivity index (χ2n) is 8.81. The molecule has 3 heterocycles. The average molecular weight is 396 g/mol. The number of likely N-dealkylation sites (tertiary alicyclic amines) is 1. The maximum Gasteiger partial charge on any atom is 0.233 e. The molecule has 1 saturated carbocycles. The Morgan fingerprint density at radius 2 is 1.41 bits per heavy atom. The number of allylic oxidation sites excluding steroid dienone is 2. The van der Waals surface area contributed by atoms with Gasteiger partial charge >= 0.3 is 0 Å². The number of hydrogen-bond acceptors (Lipinski definition) is 6. The van der Waals surface area contributed by atoms with Gasteiger partial charge in [0.25, 0.3) is 0 Å². The normalized spacial score (nSPS) is 31.6. The zero-order chi connectivity index (χ0) is 19.8. The first-order chi connectivity index (χ1) is 14.2. The van der Waals surface area contributed by atoms with E-state index >= 15 is 0 Å². The summed E-state index contributed by atoms with van der Waals surface area (Å²) in [4.78, 5) is 40.4. The average Bonchev–Trinajstić information content (AvgIpc) is 2.97. The number of hydrogen-bond donors (Lipinski definition) is 0. The molecule has 0 radical (unpaired) electrons. The molecule has 29 heavy (non-hydrogen) atoms. The molecule has 154 valence electrons. The topological polar surface area (TPSA) is 69.6 Å². The molecule has 2 saturated heterocycles. The number of carbonyl (C=O) groups is 2. The first kappa shape index (κ1) is 18.7. The molecule has 4 unspecified atom stereocenters. The molecular weight excluding hydrogens is 366 g/mol. The van der Waals surface area contributed by atoms with Crippen molar-refractivity contribution in [3.63, 3.8) is 0 Å². The van der Waals surface area contributed by atoms with Crippen LogP contribution in [-0.4, -0.2) is 70.9 Å². The minimum atomic E-state index is -0.0537. The van der Waals surface area contributed by atoms with E-state index in [1.54, 1.807) is 17.3 Å². The molecule has 0 aromatic carbocycles. The quantitative estimate of drug-likeness (QED) is 0.414. The van der Waals surface area contributed by atoms with Crippen LogP contribution < -0.4 is 4.90 Å². The number of amides is 2. The predicted molar refractivity (Wildman–Crippen MR) is 109 cm³/mol. The van der Waals surface area contributed by atoms with Crippen molar-refractivity contribution in [2.75, 3.05) is 44.2 Å². The van der Waals surface area contributed by atoms with Crippen LogP contribution in [0.1, 0.15) is 25.7 Å². The fourth-order valence-electron chi connectivity index (χ4n) is 5.35. The summed E-state index contributed by atoms with van der Waals surface area (Å²) in [5.74, 6) is 1.96. The van der Waals surface area contributed by atoms with Crippen LogP contribution in [0, 0.1) is 23.7 Å². The highest BCUT2D eigenvalue weighted by Crippen LogP contribution is 2.48. The summed E-state index contributed by atoms with van der Waals surface area (Å²) in [6.45, 7) is 5.48. The van der Waals surface area contributed by atoms with Gasteiger partial charge in [-0.2, -0.15) is 0 Å². The van der Waals surface area contributed by atoms with Crippen LogP contribution in [0.15, 0.2) is 30.6 Å². The van der Waals surface area contributed by atoms with Gasteiger partial charge in [-0.25, -0.2) is 9.97 Å². The number of piperazine rings is 1. The van der Waals surface area contributed by atoms with Crippen molar-refractivity contribution in [3.05, 3.63) is 30.6 Å². The molecule has 3 fully saturated rings. The smallest absolute Gasteiger partial charge is 0.233 e. The summed E-state index contributed by atoms with van der Waals surface area (Å²) in [6, 6.07) is 1.84. The number of nitrogens with zero attached hydrogens (tertiary/aromatic N) is 5. The summed E-state index contributed by atoms with van der Waals surface area (Å²) < 4.78 is 0. The molecule has 1 aromatic heterocycles. The lowest BCUT2D eigenvalue weighted by Gasteiger charge is -2.38. The number of carbonyl (C=O) groups excluding carboxylic acids is 2. The zero-order valence-electron chi connectivity index (χ0n) is 16.8. The molecule has 0 N–H and O–H groups in total. The molecular formula is C22H29N5O2. The van der Waals surface area contributed by atoms with Crippen LogP contribution in [0.25, 0.3) is 0 Å². The SMILES string of the molecule is O=C1C2CC3C=CC3CC2C(=O)N1CCCCN1CCN(c2ncccn2)CC1. The van der Waals surface area contributed by atoms with Crippen molar-refractivity contribution >= 4 is 17.8 Å². The number of aromatic nitrogens is 2. The fourth-order valence-corrected chi connectivity index (χ4v) is 5.35. The Balaban J connectivity index is 1.05. The third-order valence-electron chi connectivity index (χ3n) is 7.17. The second kappa shape index (κ2) is 7.86. The summed E-state index contributed by atoms with van der Waals surface area (Å²) in [6.07, 6.45) is 11.7. The molecule has 0 bridgehead atoms. The Morgan fingerprint density at radius 1 is 0.828 bits per heavy atom. The summed E-state index contributed by atoms with van der Waals surface area (Å²) in [5, 5.41) is 0. The van der Waals surface area contributed by atoms with Crippen LogP contribution >= 0.6 is 0 Å². The fraction of sp³-hybridized carbons (Fsp3) is 0.636. The molecule has 5 rings (SSSR count). The van der Waals surface area contributed by atoms with E-state index in [9.17, 15) is 9.59 Å². The third-order valence-corrected chi connectivity index (χ3v) is 7.17. The van der Waals surface area contributed by atoms with Gasteiger partial charge in [-0.3, -0.25) is 19.4 Å². The Morgan fingerprint density at radius 3 is 2.00 bits per heavy atom. The van der Waals surface area contributed by atoms with Crippen molar-refractivity contribution in [1.82, 2.24) is 19.8 Å². The van der Waals surface area contributed by atoms with Crippen molar-refractivity contribution in [3.8, 4) is 0 Å². The van der Waals surface area contributed by atoms with Gasteiger partial charge in [0.2, 0.25) is 17.8 Å². The Labute approximate surface area is 171 Å². The van der Waals surface area contributed by atoms with E-state index in [2.05, 4.69) is 31.9 Å². The predicted octanol–water partition coefficient (Wildman–Crippen LogP) is 1.58. The molecule has 0 spiro atoms. The largest absolute Gasteiger partial charge is 0.338 e. The minimum absolute atomic E-state index is 0.0537. The van der Waals surface area contributed by atoms with E-state index in [0.717, 1.165) is 64.4 Å². The lowest BCUT2D eigenvalue weighted by Crippen LogP contribution is -2.47. The number of imide groups is 1. The molecule has 2 aliphatic carbocycles. The molecule has 1 aromatic rings. The highest BCUT2D eigenvalue weighted by atomic mass is 16.2. The highest BCUT2D eigenvalue weighted by molar-refractivity contribution is 6.05. The van der Waals surface area contributed by atoms with Gasteiger partial charge in [0.05, 0.1) is 11.8 Å². The minimum Gasteiger partial charge on any atom is -0.338 e. The van der Waals surface area contributed by atoms with Gasteiger partial charge in [-0.15, -0.1) is 0 Å². The Bertz CT molecular complexity index is 758. The van der Waals surface area contributed by atoms with E-state index in [1.807, 2.05) is 6.07 Å². The Kier molecular flexibility index (Phi) is 5.08. The Hall–Kier alpha value is -2.28. The van der Waals surface area contributed by atoms with E-state index < -0.39 is 0 Å². The van der Waals surface area contributed by atoms with Crippen molar-refractivity contribution in [2.24, 2.45) is 23.7 Å². The van der Waals surface area contributed by atoms with E-state index in [0.29, 0.717) is 18.4 Å². The van der Waals surface area contributed by atoms with Crippen LogP contribution in [0.5, 0.6) is 0 Å². The van der Waals surface area contributed by atoms with Crippen LogP contribution in [0.3, 0.4) is 0 Å². The first-order valence-corrected chi connectivity index (χ1v) is 11.0. The zero-order valence-corrected chi connectivity index (χ0v) is 16.8. The molecule has 4 aliphatic rings. The van der Waals surface area contributed by atoms with E-state index in [4.69, 9.17) is 0 Å². The molecule has 2 aliphatic heterocycles. The maximum atomic E-state index is 12.7. The van der Waals surface area contributed by atoms with Crippen LogP contribution in [-0.2, 0) is 9.59 Å². The number of anilines is 1. The lowest BCUT2D eigenvalue weighted by molar-refractivity contribution is -0.140. The van der Waals surface area contributed by atoms with Gasteiger partial charge in [-0.1, -0.05) is 12.2 Å². The molecule has 4 atom stereocenters. The summed E-state index contributed by atoms with van der Waals surface area (Å²) in [7, 11) is 0. The molecule has 2 amide bonds. The monoisotopic (exact) mass is 395 g/mol. The number of rotatable bonds is 6. The van der Waals surface area contributed by atoms with Crippen LogP contribution in [0.4, 0.5) is 5.95 Å². The van der Waals surface area contributed by atoms with Gasteiger partial charge < -0.3 is 4.90 Å².